The lowest BCUT2D eigenvalue weighted by Crippen LogP contribution is -2.32. The summed E-state index contributed by atoms with van der Waals surface area (Å²) < 4.78 is 0. The molecule has 2 heteroatoms. The molecule has 0 amide bonds. The molecule has 15 heavy (non-hydrogen) atoms. The van der Waals surface area contributed by atoms with Crippen molar-refractivity contribution in [1.29, 1.82) is 0 Å². The first kappa shape index (κ1) is 11.0. The number of nitrogens with zero attached hydrogens (tertiary/aromatic N) is 2. The fourth-order valence-corrected chi connectivity index (χ4v) is 3.10. The summed E-state index contributed by atoms with van der Waals surface area (Å²) in [5, 5.41) is 0. The molecule has 0 saturated carbocycles. The van der Waals surface area contributed by atoms with Crippen LogP contribution in [0, 0.1) is 5.41 Å². The van der Waals surface area contributed by atoms with Gasteiger partial charge >= 0.3 is 0 Å². The summed E-state index contributed by atoms with van der Waals surface area (Å²) in [5.74, 6) is 0. The Kier molecular flexibility index (Phi) is 2.80. The SMILES string of the molecule is C=C1N(CC)CCC12CCN(C(C)C)C2. The van der Waals surface area contributed by atoms with Crippen LogP contribution >= 0.6 is 0 Å². The Morgan fingerprint density at radius 1 is 1.33 bits per heavy atom. The van der Waals surface area contributed by atoms with Crippen molar-refractivity contribution in [3.8, 4) is 0 Å². The predicted octanol–water partition coefficient (Wildman–Crippen LogP) is 2.33. The lowest BCUT2D eigenvalue weighted by Gasteiger charge is -2.29. The Bertz CT molecular complexity index is 259. The zero-order chi connectivity index (χ0) is 11.1. The summed E-state index contributed by atoms with van der Waals surface area (Å²) in [6, 6.07) is 0.688. The van der Waals surface area contributed by atoms with Gasteiger partial charge in [-0.2, -0.15) is 0 Å². The highest BCUT2D eigenvalue weighted by molar-refractivity contribution is 5.18. The third-order valence-electron chi connectivity index (χ3n) is 4.35. The van der Waals surface area contributed by atoms with Crippen molar-refractivity contribution in [2.24, 2.45) is 5.41 Å². The van der Waals surface area contributed by atoms with Crippen LogP contribution in [0.3, 0.4) is 0 Å². The number of rotatable bonds is 2. The third kappa shape index (κ3) is 1.69. The van der Waals surface area contributed by atoms with Crippen molar-refractivity contribution < 1.29 is 0 Å². The van der Waals surface area contributed by atoms with Crippen molar-refractivity contribution in [3.63, 3.8) is 0 Å². The topological polar surface area (TPSA) is 6.48 Å². The van der Waals surface area contributed by atoms with Crippen LogP contribution in [0.2, 0.25) is 0 Å². The molecule has 2 rings (SSSR count). The molecule has 86 valence electrons. The molecule has 0 radical (unpaired) electrons. The molecule has 0 aromatic heterocycles. The zero-order valence-corrected chi connectivity index (χ0v) is 10.4. The zero-order valence-electron chi connectivity index (χ0n) is 10.4. The highest BCUT2D eigenvalue weighted by Gasteiger charge is 2.46. The van der Waals surface area contributed by atoms with Crippen molar-refractivity contribution in [3.05, 3.63) is 12.3 Å². The van der Waals surface area contributed by atoms with E-state index in [2.05, 4.69) is 37.1 Å². The lowest BCUT2D eigenvalue weighted by molar-refractivity contribution is 0.242. The molecule has 2 aliphatic rings. The Balaban J connectivity index is 2.08. The molecule has 0 N–H and O–H groups in total. The fourth-order valence-electron chi connectivity index (χ4n) is 3.10. The first-order chi connectivity index (χ1) is 7.09. The highest BCUT2D eigenvalue weighted by atomic mass is 15.2. The molecule has 0 aliphatic carbocycles. The highest BCUT2D eigenvalue weighted by Crippen LogP contribution is 2.46. The molecule has 2 aliphatic heterocycles. The van der Waals surface area contributed by atoms with Crippen LogP contribution in [0.1, 0.15) is 33.6 Å². The maximum atomic E-state index is 4.33. The van der Waals surface area contributed by atoms with Crippen LogP contribution in [-0.2, 0) is 0 Å². The molecule has 1 spiro atoms. The molecular weight excluding hydrogens is 184 g/mol. The van der Waals surface area contributed by atoms with Gasteiger partial charge in [-0.05, 0) is 40.2 Å². The average Bonchev–Trinajstić information content (AvgIpc) is 2.75. The Labute approximate surface area is 93.9 Å². The first-order valence-electron chi connectivity index (χ1n) is 6.27. The Morgan fingerprint density at radius 3 is 2.47 bits per heavy atom. The number of likely N-dealkylation sites (tertiary alicyclic amines) is 2. The van der Waals surface area contributed by atoms with Crippen molar-refractivity contribution in [2.45, 2.75) is 39.7 Å². The van der Waals surface area contributed by atoms with Crippen molar-refractivity contribution in [2.75, 3.05) is 26.2 Å². The minimum atomic E-state index is 0.431. The standard InChI is InChI=1S/C13H24N2/c1-5-14-8-6-13(12(14)4)7-9-15(10-13)11(2)3/h11H,4-10H2,1-3H3. The van der Waals surface area contributed by atoms with Gasteiger partial charge in [0.15, 0.2) is 0 Å². The average molecular weight is 208 g/mol. The van der Waals surface area contributed by atoms with Crippen molar-refractivity contribution >= 4 is 0 Å². The monoisotopic (exact) mass is 208 g/mol. The predicted molar refractivity (Wildman–Crippen MR) is 64.8 cm³/mol. The van der Waals surface area contributed by atoms with E-state index in [0.717, 1.165) is 6.54 Å². The first-order valence-corrected chi connectivity index (χ1v) is 6.27. The van der Waals surface area contributed by atoms with Gasteiger partial charge in [-0.3, -0.25) is 4.90 Å². The Hall–Kier alpha value is -0.500. The van der Waals surface area contributed by atoms with Gasteiger partial charge in [0, 0.05) is 36.8 Å². The van der Waals surface area contributed by atoms with Gasteiger partial charge in [0.05, 0.1) is 0 Å². The van der Waals surface area contributed by atoms with E-state index in [0.29, 0.717) is 11.5 Å². The van der Waals surface area contributed by atoms with E-state index in [4.69, 9.17) is 0 Å². The minimum absolute atomic E-state index is 0.431. The van der Waals surface area contributed by atoms with E-state index in [1.165, 1.54) is 38.2 Å². The number of hydrogen-bond acceptors (Lipinski definition) is 2. The largest absolute Gasteiger partial charge is 0.375 e. The molecule has 1 unspecified atom stereocenters. The summed E-state index contributed by atoms with van der Waals surface area (Å²) in [7, 11) is 0. The summed E-state index contributed by atoms with van der Waals surface area (Å²) in [5.41, 5.74) is 1.84. The molecule has 2 nitrogen and oxygen atoms in total. The fraction of sp³-hybridized carbons (Fsp3) is 0.846. The summed E-state index contributed by atoms with van der Waals surface area (Å²) >= 11 is 0. The molecule has 0 aromatic rings. The van der Waals surface area contributed by atoms with E-state index in [1.54, 1.807) is 0 Å². The van der Waals surface area contributed by atoms with Crippen LogP contribution in [0.5, 0.6) is 0 Å². The molecule has 2 fully saturated rings. The third-order valence-corrected chi connectivity index (χ3v) is 4.35. The molecule has 1 atom stereocenters. The minimum Gasteiger partial charge on any atom is -0.375 e. The van der Waals surface area contributed by atoms with Crippen LogP contribution < -0.4 is 0 Å². The molecule has 0 bridgehead atoms. The smallest absolute Gasteiger partial charge is 0.0253 e. The maximum absolute atomic E-state index is 4.33. The maximum Gasteiger partial charge on any atom is 0.0253 e. The second kappa shape index (κ2) is 3.82. The number of hydrogen-bond donors (Lipinski definition) is 0. The summed E-state index contributed by atoms with van der Waals surface area (Å²) in [4.78, 5) is 5.06. The van der Waals surface area contributed by atoms with Crippen molar-refractivity contribution in [1.82, 2.24) is 9.80 Å². The van der Waals surface area contributed by atoms with Gasteiger partial charge in [0.2, 0.25) is 0 Å². The van der Waals surface area contributed by atoms with Gasteiger partial charge in [-0.25, -0.2) is 0 Å². The van der Waals surface area contributed by atoms with E-state index in [-0.39, 0.29) is 0 Å². The lowest BCUT2D eigenvalue weighted by atomic mass is 9.84. The second-order valence-electron chi connectivity index (χ2n) is 5.37. The molecule has 0 aromatic carbocycles. The normalized spacial score (nSPS) is 32.5. The van der Waals surface area contributed by atoms with E-state index in [1.807, 2.05) is 0 Å². The van der Waals surface area contributed by atoms with Gasteiger partial charge in [0.1, 0.15) is 0 Å². The van der Waals surface area contributed by atoms with Crippen LogP contribution in [0.25, 0.3) is 0 Å². The van der Waals surface area contributed by atoms with Crippen LogP contribution in [0.15, 0.2) is 12.3 Å². The molecular formula is C13H24N2. The molecule has 2 heterocycles. The summed E-state index contributed by atoms with van der Waals surface area (Å²) in [6.07, 6.45) is 2.64. The van der Waals surface area contributed by atoms with Crippen LogP contribution in [0.4, 0.5) is 0 Å². The van der Waals surface area contributed by atoms with E-state index >= 15 is 0 Å². The van der Waals surface area contributed by atoms with E-state index in [9.17, 15) is 0 Å². The van der Waals surface area contributed by atoms with Gasteiger partial charge in [0.25, 0.3) is 0 Å². The molecule has 2 saturated heterocycles. The van der Waals surface area contributed by atoms with Gasteiger partial charge in [-0.1, -0.05) is 6.58 Å². The Morgan fingerprint density at radius 2 is 2.00 bits per heavy atom. The second-order valence-corrected chi connectivity index (χ2v) is 5.37. The van der Waals surface area contributed by atoms with Gasteiger partial charge in [-0.15, -0.1) is 0 Å². The van der Waals surface area contributed by atoms with E-state index < -0.39 is 0 Å². The summed E-state index contributed by atoms with van der Waals surface area (Å²) in [6.45, 7) is 16.0. The van der Waals surface area contributed by atoms with Gasteiger partial charge < -0.3 is 4.90 Å². The van der Waals surface area contributed by atoms with Crippen LogP contribution in [-0.4, -0.2) is 42.0 Å². The quantitative estimate of drug-likeness (QED) is 0.687.